The Kier molecular flexibility index (Phi) is 6.20. The third-order valence-corrected chi connectivity index (χ3v) is 7.42. The summed E-state index contributed by atoms with van der Waals surface area (Å²) in [6.45, 7) is 2.59. The van der Waals surface area contributed by atoms with E-state index in [0.717, 1.165) is 61.1 Å². The summed E-state index contributed by atoms with van der Waals surface area (Å²) < 4.78 is 5.34. The molecule has 0 unspecified atom stereocenters. The number of rotatable bonds is 5. The van der Waals surface area contributed by atoms with Gasteiger partial charge in [0.05, 0.1) is 7.11 Å². The predicted octanol–water partition coefficient (Wildman–Crippen LogP) is 3.36. The van der Waals surface area contributed by atoms with Crippen molar-refractivity contribution in [1.82, 2.24) is 20.0 Å². The molecule has 0 saturated carbocycles. The second-order valence-electron chi connectivity index (χ2n) is 9.40. The highest BCUT2D eigenvalue weighted by Gasteiger charge is 2.36. The van der Waals surface area contributed by atoms with Gasteiger partial charge in [-0.25, -0.2) is 0 Å². The van der Waals surface area contributed by atoms with Gasteiger partial charge >= 0.3 is 0 Å². The molecule has 7 nitrogen and oxygen atoms in total. The van der Waals surface area contributed by atoms with E-state index in [1.807, 2.05) is 34.1 Å². The van der Waals surface area contributed by atoms with Gasteiger partial charge in [0.15, 0.2) is 5.69 Å². The van der Waals surface area contributed by atoms with Crippen molar-refractivity contribution in [1.29, 1.82) is 0 Å². The van der Waals surface area contributed by atoms with E-state index in [1.165, 1.54) is 0 Å². The van der Waals surface area contributed by atoms with Gasteiger partial charge in [-0.3, -0.25) is 14.7 Å². The summed E-state index contributed by atoms with van der Waals surface area (Å²) in [5, 5.41) is 7.36. The average Bonchev–Trinajstić information content (AvgIpc) is 3.42. The lowest BCUT2D eigenvalue weighted by molar-refractivity contribution is -0.137. The number of piperidine rings is 1. The van der Waals surface area contributed by atoms with Crippen LogP contribution >= 0.6 is 0 Å². The molecule has 1 fully saturated rings. The maximum atomic E-state index is 13.5. The number of carbonyl (C=O) groups excluding carboxylic acids is 2. The highest BCUT2D eigenvalue weighted by molar-refractivity contribution is 5.94. The molecular formula is C26H32N4O3. The van der Waals surface area contributed by atoms with Crippen molar-refractivity contribution in [2.24, 2.45) is 11.8 Å². The highest BCUT2D eigenvalue weighted by Crippen LogP contribution is 2.32. The fraction of sp³-hybridized carbons (Fsp3) is 0.500. The van der Waals surface area contributed by atoms with Crippen molar-refractivity contribution >= 4 is 11.8 Å². The number of likely N-dealkylation sites (tertiary alicyclic amines) is 1. The first-order valence-electron chi connectivity index (χ1n) is 12.1. The first kappa shape index (κ1) is 21.7. The number of fused-ring (bicyclic) bond motifs is 1. The van der Waals surface area contributed by atoms with Gasteiger partial charge in [-0.15, -0.1) is 0 Å². The molecular weight excluding hydrogens is 416 g/mol. The number of benzene rings is 1. The SMILES string of the molecule is COc1cccc(CN2CC=CC[C@H](C3CCN(C(=O)c4n[nH]c5c4CCC5)CC3)C2=O)c1. The summed E-state index contributed by atoms with van der Waals surface area (Å²) in [6.07, 6.45) is 9.77. The van der Waals surface area contributed by atoms with Gasteiger partial charge in [-0.2, -0.15) is 5.10 Å². The molecule has 1 aromatic carbocycles. The van der Waals surface area contributed by atoms with Crippen molar-refractivity contribution in [3.63, 3.8) is 0 Å². The number of amides is 2. The standard InChI is InChI=1S/C26H32N4O3/c1-33-20-7-4-6-18(16-20)17-30-13-3-2-8-21(25(30)31)19-11-14-29(15-12-19)26(32)24-22-9-5-10-23(22)27-28-24/h2-4,6-7,16,19,21H,5,8-15,17H2,1H3,(H,27,28)/t21-/m1/s1. The molecule has 0 radical (unpaired) electrons. The zero-order valence-corrected chi connectivity index (χ0v) is 19.3. The number of nitrogens with zero attached hydrogens (tertiary/aromatic N) is 3. The third kappa shape index (κ3) is 4.41. The first-order valence-corrected chi connectivity index (χ1v) is 12.1. The Labute approximate surface area is 194 Å². The van der Waals surface area contributed by atoms with Gasteiger partial charge in [0, 0.05) is 43.4 Å². The number of hydrogen-bond acceptors (Lipinski definition) is 4. The normalized spacial score (nSPS) is 21.2. The van der Waals surface area contributed by atoms with Gasteiger partial charge in [0.1, 0.15) is 5.75 Å². The molecule has 174 valence electrons. The molecule has 0 bridgehead atoms. The zero-order chi connectivity index (χ0) is 22.8. The molecule has 1 aliphatic carbocycles. The predicted molar refractivity (Wildman–Crippen MR) is 125 cm³/mol. The second-order valence-corrected chi connectivity index (χ2v) is 9.40. The number of carbonyl (C=O) groups is 2. The van der Waals surface area contributed by atoms with E-state index >= 15 is 0 Å². The van der Waals surface area contributed by atoms with E-state index < -0.39 is 0 Å². The summed E-state index contributed by atoms with van der Waals surface area (Å²) in [6, 6.07) is 7.91. The van der Waals surface area contributed by atoms with Crippen LogP contribution in [-0.2, 0) is 24.2 Å². The summed E-state index contributed by atoms with van der Waals surface area (Å²) in [7, 11) is 1.66. The van der Waals surface area contributed by atoms with E-state index in [9.17, 15) is 9.59 Å². The lowest BCUT2D eigenvalue weighted by atomic mass is 9.81. The largest absolute Gasteiger partial charge is 0.497 e. The number of H-pyrrole nitrogens is 1. The van der Waals surface area contributed by atoms with Crippen LogP contribution in [0.4, 0.5) is 0 Å². The van der Waals surface area contributed by atoms with E-state index in [-0.39, 0.29) is 17.7 Å². The number of aromatic amines is 1. The number of nitrogens with one attached hydrogen (secondary N) is 1. The third-order valence-electron chi connectivity index (χ3n) is 7.42. The minimum Gasteiger partial charge on any atom is -0.497 e. The lowest BCUT2D eigenvalue weighted by Crippen LogP contribution is -2.44. The van der Waals surface area contributed by atoms with Crippen LogP contribution in [0.25, 0.3) is 0 Å². The number of aromatic nitrogens is 2. The highest BCUT2D eigenvalue weighted by atomic mass is 16.5. The monoisotopic (exact) mass is 448 g/mol. The van der Waals surface area contributed by atoms with Crippen LogP contribution in [0.2, 0.25) is 0 Å². The van der Waals surface area contributed by atoms with E-state index in [2.05, 4.69) is 22.3 Å². The minimum absolute atomic E-state index is 0.0266. The van der Waals surface area contributed by atoms with Crippen LogP contribution in [-0.4, -0.2) is 58.6 Å². The molecule has 7 heteroatoms. The Morgan fingerprint density at radius 3 is 2.88 bits per heavy atom. The van der Waals surface area contributed by atoms with E-state index in [1.54, 1.807) is 7.11 Å². The topological polar surface area (TPSA) is 78.5 Å². The number of methoxy groups -OCH3 is 1. The number of allylic oxidation sites excluding steroid dienone is 1. The van der Waals surface area contributed by atoms with Crippen LogP contribution in [0, 0.1) is 11.8 Å². The van der Waals surface area contributed by atoms with Crippen LogP contribution < -0.4 is 4.74 Å². The summed E-state index contributed by atoms with van der Waals surface area (Å²) in [4.78, 5) is 30.4. The summed E-state index contributed by atoms with van der Waals surface area (Å²) in [5.41, 5.74) is 3.92. The van der Waals surface area contributed by atoms with Crippen molar-refractivity contribution in [3.8, 4) is 5.75 Å². The maximum Gasteiger partial charge on any atom is 0.274 e. The molecule has 3 heterocycles. The Bertz CT molecular complexity index is 1050. The molecule has 1 saturated heterocycles. The smallest absolute Gasteiger partial charge is 0.274 e. The molecule has 2 amide bonds. The Morgan fingerprint density at radius 2 is 2.06 bits per heavy atom. The maximum absolute atomic E-state index is 13.5. The molecule has 2 aliphatic heterocycles. The minimum atomic E-state index is -0.0266. The Morgan fingerprint density at radius 1 is 1.21 bits per heavy atom. The number of ether oxygens (including phenoxy) is 1. The van der Waals surface area contributed by atoms with Crippen LogP contribution in [0.5, 0.6) is 5.75 Å². The Balaban J connectivity index is 1.22. The van der Waals surface area contributed by atoms with Crippen molar-refractivity contribution in [3.05, 3.63) is 58.9 Å². The first-order chi connectivity index (χ1) is 16.1. The van der Waals surface area contributed by atoms with Crippen molar-refractivity contribution in [2.75, 3.05) is 26.7 Å². The van der Waals surface area contributed by atoms with Crippen molar-refractivity contribution in [2.45, 2.75) is 45.1 Å². The molecule has 1 atom stereocenters. The van der Waals surface area contributed by atoms with Crippen LogP contribution in [0.3, 0.4) is 0 Å². The fourth-order valence-electron chi connectivity index (χ4n) is 5.55. The summed E-state index contributed by atoms with van der Waals surface area (Å²) in [5.74, 6) is 1.34. The Hall–Kier alpha value is -3.09. The van der Waals surface area contributed by atoms with E-state index in [0.29, 0.717) is 37.8 Å². The molecule has 1 aromatic heterocycles. The molecule has 3 aliphatic rings. The second kappa shape index (κ2) is 9.41. The van der Waals surface area contributed by atoms with Gasteiger partial charge in [-0.1, -0.05) is 24.3 Å². The molecule has 1 N–H and O–H groups in total. The summed E-state index contributed by atoms with van der Waals surface area (Å²) >= 11 is 0. The van der Waals surface area contributed by atoms with Crippen LogP contribution in [0.1, 0.15) is 53.0 Å². The van der Waals surface area contributed by atoms with E-state index in [4.69, 9.17) is 4.74 Å². The number of aryl methyl sites for hydroxylation is 1. The fourth-order valence-corrected chi connectivity index (χ4v) is 5.55. The molecule has 33 heavy (non-hydrogen) atoms. The zero-order valence-electron chi connectivity index (χ0n) is 19.3. The molecule has 0 spiro atoms. The van der Waals surface area contributed by atoms with Crippen molar-refractivity contribution < 1.29 is 14.3 Å². The van der Waals surface area contributed by atoms with Gasteiger partial charge in [0.25, 0.3) is 5.91 Å². The quantitative estimate of drug-likeness (QED) is 0.712. The lowest BCUT2D eigenvalue weighted by Gasteiger charge is -2.36. The number of hydrogen-bond donors (Lipinski definition) is 1. The van der Waals surface area contributed by atoms with Gasteiger partial charge < -0.3 is 14.5 Å². The molecule has 2 aromatic rings. The van der Waals surface area contributed by atoms with Crippen LogP contribution in [0.15, 0.2) is 36.4 Å². The average molecular weight is 449 g/mol. The molecule has 5 rings (SSSR count). The van der Waals surface area contributed by atoms with Gasteiger partial charge in [-0.05, 0) is 62.1 Å². The van der Waals surface area contributed by atoms with Gasteiger partial charge in [0.2, 0.25) is 5.91 Å².